The highest BCUT2D eigenvalue weighted by Gasteiger charge is 2.30. The van der Waals surface area contributed by atoms with Gasteiger partial charge in [0.25, 0.3) is 5.91 Å². The Balaban J connectivity index is 1.99. The molecule has 2 aromatic rings. The fourth-order valence-electron chi connectivity index (χ4n) is 3.14. The smallest absolute Gasteiger partial charge is 0.318 e. The summed E-state index contributed by atoms with van der Waals surface area (Å²) in [6.45, 7) is 8.95. The zero-order valence-corrected chi connectivity index (χ0v) is 16.7. The van der Waals surface area contributed by atoms with Crippen molar-refractivity contribution in [3.8, 4) is 11.3 Å². The molecule has 3 N–H and O–H groups in total. The molecule has 7 nitrogen and oxygen atoms in total. The molecule has 0 aliphatic carbocycles. The number of halogens is 1. The first-order chi connectivity index (χ1) is 12.6. The van der Waals surface area contributed by atoms with Crippen LogP contribution in [-0.2, 0) is 13.1 Å². The van der Waals surface area contributed by atoms with E-state index in [2.05, 4.69) is 10.4 Å². The second-order valence-corrected chi connectivity index (χ2v) is 8.23. The van der Waals surface area contributed by atoms with Crippen molar-refractivity contribution >= 4 is 23.5 Å². The topological polar surface area (TPSA) is 93.2 Å². The summed E-state index contributed by atoms with van der Waals surface area (Å²) in [7, 11) is 0. The number of primary amides is 1. The Hall–Kier alpha value is -2.54. The summed E-state index contributed by atoms with van der Waals surface area (Å²) in [5.41, 5.74) is 8.53. The van der Waals surface area contributed by atoms with Crippen molar-refractivity contribution in [2.45, 2.75) is 46.3 Å². The molecule has 0 unspecified atom stereocenters. The summed E-state index contributed by atoms with van der Waals surface area (Å²) < 4.78 is 1.76. The van der Waals surface area contributed by atoms with Gasteiger partial charge in [0, 0.05) is 22.7 Å². The van der Waals surface area contributed by atoms with Gasteiger partial charge in [-0.3, -0.25) is 9.48 Å². The SMILES string of the molecule is Cc1cc(-c2nn3c(c2C(N)=O)CN(C(=O)NC(C)(C)C)CC3)ccc1Cl. The average Bonchev–Trinajstić information content (AvgIpc) is 2.94. The summed E-state index contributed by atoms with van der Waals surface area (Å²) in [6, 6.07) is 5.31. The second-order valence-electron chi connectivity index (χ2n) is 7.82. The molecular formula is C19H24ClN5O2. The van der Waals surface area contributed by atoms with Crippen molar-refractivity contribution in [3.05, 3.63) is 40.0 Å². The molecule has 2 heterocycles. The second kappa shape index (κ2) is 6.88. The minimum Gasteiger partial charge on any atom is -0.365 e. The first-order valence-corrected chi connectivity index (χ1v) is 9.17. The molecular weight excluding hydrogens is 366 g/mol. The maximum atomic E-state index is 12.5. The first kappa shape index (κ1) is 19.2. The number of hydrogen-bond acceptors (Lipinski definition) is 3. The molecule has 1 aliphatic heterocycles. The Morgan fingerprint density at radius 3 is 2.56 bits per heavy atom. The highest BCUT2D eigenvalue weighted by atomic mass is 35.5. The molecule has 3 amide bonds. The molecule has 0 spiro atoms. The van der Waals surface area contributed by atoms with E-state index in [1.165, 1.54) is 0 Å². The van der Waals surface area contributed by atoms with E-state index >= 15 is 0 Å². The lowest BCUT2D eigenvalue weighted by atomic mass is 10.0. The van der Waals surface area contributed by atoms with E-state index in [1.54, 1.807) is 15.6 Å². The van der Waals surface area contributed by atoms with Crippen molar-refractivity contribution in [2.75, 3.05) is 6.54 Å². The number of aryl methyl sites for hydroxylation is 1. The Morgan fingerprint density at radius 1 is 1.26 bits per heavy atom. The fourth-order valence-corrected chi connectivity index (χ4v) is 3.26. The monoisotopic (exact) mass is 389 g/mol. The molecule has 27 heavy (non-hydrogen) atoms. The molecule has 1 aromatic carbocycles. The van der Waals surface area contributed by atoms with E-state index in [-0.39, 0.29) is 18.1 Å². The molecule has 0 bridgehead atoms. The number of benzene rings is 1. The third-order valence-corrected chi connectivity index (χ3v) is 4.85. The lowest BCUT2D eigenvalue weighted by Gasteiger charge is -2.31. The van der Waals surface area contributed by atoms with Gasteiger partial charge in [0.05, 0.1) is 24.3 Å². The van der Waals surface area contributed by atoms with Crippen molar-refractivity contribution < 1.29 is 9.59 Å². The van der Waals surface area contributed by atoms with E-state index in [4.69, 9.17) is 17.3 Å². The van der Waals surface area contributed by atoms with Crippen LogP contribution in [-0.4, -0.2) is 38.7 Å². The number of fused-ring (bicyclic) bond motifs is 1. The van der Waals surface area contributed by atoms with Gasteiger partial charge in [0.1, 0.15) is 5.69 Å². The van der Waals surface area contributed by atoms with Crippen LogP contribution in [0.4, 0.5) is 4.79 Å². The van der Waals surface area contributed by atoms with Crippen LogP contribution in [0, 0.1) is 6.92 Å². The van der Waals surface area contributed by atoms with Crippen LogP contribution >= 0.6 is 11.6 Å². The largest absolute Gasteiger partial charge is 0.365 e. The number of urea groups is 1. The zero-order chi connectivity index (χ0) is 19.9. The number of nitrogens with one attached hydrogen (secondary N) is 1. The Morgan fingerprint density at radius 2 is 1.96 bits per heavy atom. The zero-order valence-electron chi connectivity index (χ0n) is 16.0. The maximum absolute atomic E-state index is 12.5. The summed E-state index contributed by atoms with van der Waals surface area (Å²) in [5, 5.41) is 8.19. The number of nitrogens with two attached hydrogens (primary N) is 1. The average molecular weight is 390 g/mol. The Kier molecular flexibility index (Phi) is 4.90. The van der Waals surface area contributed by atoms with Crippen LogP contribution in [0.2, 0.25) is 5.02 Å². The van der Waals surface area contributed by atoms with E-state index < -0.39 is 5.91 Å². The third kappa shape index (κ3) is 3.93. The predicted octanol–water partition coefficient (Wildman–Crippen LogP) is 2.93. The van der Waals surface area contributed by atoms with Gasteiger partial charge in [-0.15, -0.1) is 0 Å². The lowest BCUT2D eigenvalue weighted by Crippen LogP contribution is -2.50. The predicted molar refractivity (Wildman–Crippen MR) is 105 cm³/mol. The number of nitrogens with zero attached hydrogens (tertiary/aromatic N) is 3. The minimum atomic E-state index is -0.558. The highest BCUT2D eigenvalue weighted by molar-refractivity contribution is 6.31. The molecule has 1 aromatic heterocycles. The Bertz CT molecular complexity index is 914. The van der Waals surface area contributed by atoms with Gasteiger partial charge >= 0.3 is 6.03 Å². The normalized spacial score (nSPS) is 14.0. The standard InChI is InChI=1S/C19H24ClN5O2/c1-11-9-12(5-6-13(11)20)16-15(17(21)26)14-10-24(7-8-25(14)23-16)18(27)22-19(2,3)4/h5-6,9H,7-8,10H2,1-4H3,(H2,21,26)(H,22,27). The van der Waals surface area contributed by atoms with Gasteiger partial charge in [-0.1, -0.05) is 17.7 Å². The quantitative estimate of drug-likeness (QED) is 0.826. The summed E-state index contributed by atoms with van der Waals surface area (Å²) >= 11 is 6.11. The van der Waals surface area contributed by atoms with Crippen LogP contribution in [0.3, 0.4) is 0 Å². The molecule has 8 heteroatoms. The summed E-state index contributed by atoms with van der Waals surface area (Å²) in [6.07, 6.45) is 0. The van der Waals surface area contributed by atoms with Gasteiger partial charge in [0.15, 0.2) is 0 Å². The highest BCUT2D eigenvalue weighted by Crippen LogP contribution is 2.30. The van der Waals surface area contributed by atoms with Gasteiger partial charge in [-0.05, 0) is 45.4 Å². The third-order valence-electron chi connectivity index (χ3n) is 4.43. The van der Waals surface area contributed by atoms with Crippen LogP contribution in [0.5, 0.6) is 0 Å². The number of rotatable bonds is 2. The first-order valence-electron chi connectivity index (χ1n) is 8.80. The van der Waals surface area contributed by atoms with Gasteiger partial charge in [0.2, 0.25) is 0 Å². The van der Waals surface area contributed by atoms with Gasteiger partial charge in [-0.25, -0.2) is 4.79 Å². The van der Waals surface area contributed by atoms with Gasteiger partial charge in [-0.2, -0.15) is 5.10 Å². The maximum Gasteiger partial charge on any atom is 0.318 e. The molecule has 0 saturated carbocycles. The summed E-state index contributed by atoms with van der Waals surface area (Å²) in [4.78, 5) is 26.4. The molecule has 0 radical (unpaired) electrons. The van der Waals surface area contributed by atoms with Crippen molar-refractivity contribution in [3.63, 3.8) is 0 Å². The van der Waals surface area contributed by atoms with E-state index in [9.17, 15) is 9.59 Å². The molecule has 3 rings (SSSR count). The fraction of sp³-hybridized carbons (Fsp3) is 0.421. The molecule has 0 atom stereocenters. The van der Waals surface area contributed by atoms with E-state index in [0.717, 1.165) is 11.1 Å². The van der Waals surface area contributed by atoms with Crippen molar-refractivity contribution in [2.24, 2.45) is 5.73 Å². The number of amides is 3. The molecule has 0 fully saturated rings. The lowest BCUT2D eigenvalue weighted by molar-refractivity contribution is 0.0997. The summed E-state index contributed by atoms with van der Waals surface area (Å²) in [5.74, 6) is -0.558. The van der Waals surface area contributed by atoms with Crippen molar-refractivity contribution in [1.82, 2.24) is 20.0 Å². The number of carbonyl (C=O) groups is 2. The molecule has 0 saturated heterocycles. The number of hydrogen-bond donors (Lipinski definition) is 2. The van der Waals surface area contributed by atoms with Crippen LogP contribution < -0.4 is 11.1 Å². The number of carbonyl (C=O) groups excluding carboxylic acids is 2. The minimum absolute atomic E-state index is 0.172. The number of aromatic nitrogens is 2. The molecule has 1 aliphatic rings. The van der Waals surface area contributed by atoms with E-state index in [0.29, 0.717) is 35.1 Å². The van der Waals surface area contributed by atoms with E-state index in [1.807, 2.05) is 39.8 Å². The van der Waals surface area contributed by atoms with Crippen LogP contribution in [0.1, 0.15) is 42.4 Å². The Labute approximate surface area is 163 Å². The van der Waals surface area contributed by atoms with Crippen LogP contribution in [0.25, 0.3) is 11.3 Å². The van der Waals surface area contributed by atoms with Crippen molar-refractivity contribution in [1.29, 1.82) is 0 Å². The molecule has 144 valence electrons. The van der Waals surface area contributed by atoms with Gasteiger partial charge < -0.3 is 16.0 Å². The van der Waals surface area contributed by atoms with Crippen LogP contribution in [0.15, 0.2) is 18.2 Å².